The quantitative estimate of drug-likeness (QED) is 0.862. The highest BCUT2D eigenvalue weighted by Gasteiger charge is 2.25. The Morgan fingerprint density at radius 3 is 2.33 bits per heavy atom. The number of halogens is 1. The molecule has 27 heavy (non-hydrogen) atoms. The second kappa shape index (κ2) is 8.64. The number of hydrogen-bond donors (Lipinski definition) is 1. The SMILES string of the molecule is O=C(NCC(=O)N1CCN(C(=O)c2ccccc2)CC1)c1cc(Cl)ccn1. The van der Waals surface area contributed by atoms with Gasteiger partial charge in [0.05, 0.1) is 6.54 Å². The minimum atomic E-state index is -0.455. The molecule has 3 rings (SSSR count). The molecule has 0 unspecified atom stereocenters. The van der Waals surface area contributed by atoms with Crippen LogP contribution < -0.4 is 5.32 Å². The molecule has 1 saturated heterocycles. The third-order valence-electron chi connectivity index (χ3n) is 4.30. The summed E-state index contributed by atoms with van der Waals surface area (Å²) in [5.41, 5.74) is 0.798. The van der Waals surface area contributed by atoms with Gasteiger partial charge in [-0.15, -0.1) is 0 Å². The first kappa shape index (κ1) is 18.8. The maximum absolute atomic E-state index is 12.4. The van der Waals surface area contributed by atoms with Crippen molar-refractivity contribution < 1.29 is 14.4 Å². The molecule has 2 aromatic rings. The maximum atomic E-state index is 12.4. The number of carbonyl (C=O) groups is 3. The number of rotatable bonds is 4. The molecule has 3 amide bonds. The number of hydrogen-bond acceptors (Lipinski definition) is 4. The Hall–Kier alpha value is -2.93. The zero-order chi connectivity index (χ0) is 19.2. The van der Waals surface area contributed by atoms with E-state index < -0.39 is 5.91 Å². The van der Waals surface area contributed by atoms with Gasteiger partial charge in [-0.1, -0.05) is 29.8 Å². The smallest absolute Gasteiger partial charge is 0.270 e. The molecule has 1 N–H and O–H groups in total. The lowest BCUT2D eigenvalue weighted by molar-refractivity contribution is -0.131. The van der Waals surface area contributed by atoms with E-state index in [2.05, 4.69) is 10.3 Å². The fourth-order valence-electron chi connectivity index (χ4n) is 2.81. The van der Waals surface area contributed by atoms with Crippen molar-refractivity contribution in [1.82, 2.24) is 20.1 Å². The van der Waals surface area contributed by atoms with Crippen molar-refractivity contribution in [3.63, 3.8) is 0 Å². The molecule has 1 fully saturated rings. The first-order valence-electron chi connectivity index (χ1n) is 8.56. The Morgan fingerprint density at radius 2 is 1.67 bits per heavy atom. The topological polar surface area (TPSA) is 82.6 Å². The predicted molar refractivity (Wildman–Crippen MR) is 101 cm³/mol. The molecule has 8 heteroatoms. The molecule has 0 spiro atoms. The molecule has 1 aliphatic heterocycles. The molecule has 0 radical (unpaired) electrons. The first-order valence-corrected chi connectivity index (χ1v) is 8.94. The highest BCUT2D eigenvalue weighted by Crippen LogP contribution is 2.10. The molecule has 140 valence electrons. The largest absolute Gasteiger partial charge is 0.342 e. The molecule has 1 aliphatic rings. The number of carbonyl (C=O) groups excluding carboxylic acids is 3. The van der Waals surface area contributed by atoms with Crippen LogP contribution in [-0.4, -0.2) is 65.2 Å². The van der Waals surface area contributed by atoms with E-state index in [1.807, 2.05) is 18.2 Å². The lowest BCUT2D eigenvalue weighted by Gasteiger charge is -2.34. The maximum Gasteiger partial charge on any atom is 0.270 e. The minimum Gasteiger partial charge on any atom is -0.342 e. The fourth-order valence-corrected chi connectivity index (χ4v) is 2.97. The molecule has 0 aliphatic carbocycles. The molecule has 1 aromatic carbocycles. The van der Waals surface area contributed by atoms with E-state index in [-0.39, 0.29) is 24.1 Å². The van der Waals surface area contributed by atoms with Crippen LogP contribution in [0.3, 0.4) is 0 Å². The molecular formula is C19H19ClN4O3. The third-order valence-corrected chi connectivity index (χ3v) is 4.53. The van der Waals surface area contributed by atoms with Crippen molar-refractivity contribution in [3.05, 3.63) is 64.9 Å². The number of benzene rings is 1. The summed E-state index contributed by atoms with van der Waals surface area (Å²) in [5, 5.41) is 2.95. The van der Waals surface area contributed by atoms with Gasteiger partial charge in [-0.25, -0.2) is 0 Å². The van der Waals surface area contributed by atoms with E-state index in [0.717, 1.165) is 0 Å². The Kier molecular flexibility index (Phi) is 6.03. The van der Waals surface area contributed by atoms with Gasteiger partial charge in [0.25, 0.3) is 11.8 Å². The summed E-state index contributed by atoms with van der Waals surface area (Å²) in [6.45, 7) is 1.66. The molecule has 2 heterocycles. The van der Waals surface area contributed by atoms with Crippen LogP contribution in [-0.2, 0) is 4.79 Å². The van der Waals surface area contributed by atoms with Gasteiger partial charge in [0.1, 0.15) is 5.69 Å². The second-order valence-corrected chi connectivity index (χ2v) is 6.52. The van der Waals surface area contributed by atoms with Gasteiger partial charge in [0.15, 0.2) is 0 Å². The predicted octanol–water partition coefficient (Wildman–Crippen LogP) is 1.45. The normalized spacial score (nSPS) is 14.0. The summed E-state index contributed by atoms with van der Waals surface area (Å²) < 4.78 is 0. The Morgan fingerprint density at radius 1 is 1.00 bits per heavy atom. The number of nitrogens with zero attached hydrogens (tertiary/aromatic N) is 3. The van der Waals surface area contributed by atoms with E-state index in [1.165, 1.54) is 12.3 Å². The van der Waals surface area contributed by atoms with E-state index in [1.54, 1.807) is 28.0 Å². The molecule has 0 saturated carbocycles. The molecule has 0 bridgehead atoms. The molecule has 0 atom stereocenters. The summed E-state index contributed by atoms with van der Waals surface area (Å²) in [4.78, 5) is 44.1. The lowest BCUT2D eigenvalue weighted by atomic mass is 10.2. The van der Waals surface area contributed by atoms with Crippen molar-refractivity contribution in [1.29, 1.82) is 0 Å². The summed E-state index contributed by atoms with van der Waals surface area (Å²) in [5.74, 6) is -0.691. The summed E-state index contributed by atoms with van der Waals surface area (Å²) >= 11 is 5.83. The minimum absolute atomic E-state index is 0.0389. The highest BCUT2D eigenvalue weighted by atomic mass is 35.5. The fraction of sp³-hybridized carbons (Fsp3) is 0.263. The van der Waals surface area contributed by atoms with E-state index in [9.17, 15) is 14.4 Å². The Balaban J connectivity index is 1.47. The van der Waals surface area contributed by atoms with E-state index in [0.29, 0.717) is 36.8 Å². The van der Waals surface area contributed by atoms with Crippen molar-refractivity contribution in [2.75, 3.05) is 32.7 Å². The Bertz CT molecular complexity index is 836. The van der Waals surface area contributed by atoms with Crippen molar-refractivity contribution in [3.8, 4) is 0 Å². The van der Waals surface area contributed by atoms with Crippen LogP contribution in [0.2, 0.25) is 5.02 Å². The van der Waals surface area contributed by atoms with Crippen LogP contribution in [0, 0.1) is 0 Å². The zero-order valence-electron chi connectivity index (χ0n) is 14.6. The van der Waals surface area contributed by atoms with Crippen molar-refractivity contribution in [2.45, 2.75) is 0 Å². The highest BCUT2D eigenvalue weighted by molar-refractivity contribution is 6.30. The number of amides is 3. The number of nitrogens with one attached hydrogen (secondary N) is 1. The van der Waals surface area contributed by atoms with Gasteiger partial charge in [-0.05, 0) is 24.3 Å². The van der Waals surface area contributed by atoms with Crippen LogP contribution in [0.1, 0.15) is 20.8 Å². The molecule has 7 nitrogen and oxygen atoms in total. The van der Waals surface area contributed by atoms with E-state index >= 15 is 0 Å². The van der Waals surface area contributed by atoms with Crippen molar-refractivity contribution in [2.24, 2.45) is 0 Å². The average Bonchev–Trinajstić information content (AvgIpc) is 2.72. The monoisotopic (exact) mass is 386 g/mol. The number of pyridine rings is 1. The second-order valence-electron chi connectivity index (χ2n) is 6.08. The van der Waals surface area contributed by atoms with Gasteiger partial charge in [-0.2, -0.15) is 0 Å². The molecule has 1 aromatic heterocycles. The van der Waals surface area contributed by atoms with Gasteiger partial charge in [-0.3, -0.25) is 19.4 Å². The van der Waals surface area contributed by atoms with Gasteiger partial charge in [0, 0.05) is 43.0 Å². The summed E-state index contributed by atoms with van der Waals surface area (Å²) in [6, 6.07) is 12.1. The summed E-state index contributed by atoms with van der Waals surface area (Å²) in [7, 11) is 0. The number of piperazine rings is 1. The Labute approximate surface area is 161 Å². The zero-order valence-corrected chi connectivity index (χ0v) is 15.4. The standard InChI is InChI=1S/C19H19ClN4O3/c20-15-6-7-21-16(12-15)18(26)22-13-17(25)23-8-10-24(11-9-23)19(27)14-4-2-1-3-5-14/h1-7,12H,8-11,13H2,(H,22,26). The molecular weight excluding hydrogens is 368 g/mol. The first-order chi connectivity index (χ1) is 13.0. The van der Waals surface area contributed by atoms with Crippen molar-refractivity contribution >= 4 is 29.3 Å². The van der Waals surface area contributed by atoms with E-state index in [4.69, 9.17) is 11.6 Å². The van der Waals surface area contributed by atoms with Crippen LogP contribution in [0.5, 0.6) is 0 Å². The van der Waals surface area contributed by atoms with Gasteiger partial charge >= 0.3 is 0 Å². The average molecular weight is 387 g/mol. The van der Waals surface area contributed by atoms with Gasteiger partial charge < -0.3 is 15.1 Å². The number of aromatic nitrogens is 1. The van der Waals surface area contributed by atoms with Crippen LogP contribution in [0.25, 0.3) is 0 Å². The van der Waals surface area contributed by atoms with Gasteiger partial charge in [0.2, 0.25) is 5.91 Å². The van der Waals surface area contributed by atoms with Crippen LogP contribution in [0.4, 0.5) is 0 Å². The third kappa shape index (κ3) is 4.83. The lowest BCUT2D eigenvalue weighted by Crippen LogP contribution is -2.52. The van der Waals surface area contributed by atoms with Crippen LogP contribution in [0.15, 0.2) is 48.7 Å². The summed E-state index contributed by atoms with van der Waals surface area (Å²) in [6.07, 6.45) is 1.43. The van der Waals surface area contributed by atoms with Crippen LogP contribution >= 0.6 is 11.6 Å².